The predicted octanol–water partition coefficient (Wildman–Crippen LogP) is 2.79. The molecule has 3 rings (SSSR count). The van der Waals surface area contributed by atoms with Crippen LogP contribution in [-0.2, 0) is 7.05 Å². The number of aryl methyl sites for hydroxylation is 1. The van der Waals surface area contributed by atoms with Crippen LogP contribution in [0.2, 0.25) is 0 Å². The average molecular weight is 188 g/mol. The Bertz CT molecular complexity index is 529. The maximum atomic E-state index is 4.36. The zero-order valence-corrected chi connectivity index (χ0v) is 8.01. The molecule has 2 nitrogen and oxygen atoms in total. The van der Waals surface area contributed by atoms with Gasteiger partial charge in [0.25, 0.3) is 0 Å². The quantitative estimate of drug-likeness (QED) is 0.530. The average Bonchev–Trinajstić information content (AvgIpc) is 2.63. The summed E-state index contributed by atoms with van der Waals surface area (Å²) in [7, 11) is 1.95. The van der Waals surface area contributed by atoms with E-state index in [1.807, 2.05) is 11.7 Å². The number of thiophene rings is 1. The molecule has 2 heterocycles. The lowest BCUT2D eigenvalue weighted by Crippen LogP contribution is -1.84. The summed E-state index contributed by atoms with van der Waals surface area (Å²) in [6, 6.07) is 6.47. The van der Waals surface area contributed by atoms with E-state index in [1.165, 1.54) is 15.5 Å². The van der Waals surface area contributed by atoms with Crippen LogP contribution < -0.4 is 0 Å². The molecule has 0 atom stereocenters. The van der Waals surface area contributed by atoms with E-state index in [1.54, 1.807) is 11.3 Å². The molecule has 0 radical (unpaired) electrons. The Morgan fingerprint density at radius 3 is 3.15 bits per heavy atom. The fourth-order valence-corrected chi connectivity index (χ4v) is 2.42. The Kier molecular flexibility index (Phi) is 1.27. The zero-order valence-electron chi connectivity index (χ0n) is 7.19. The van der Waals surface area contributed by atoms with Gasteiger partial charge < -0.3 is 0 Å². The lowest BCUT2D eigenvalue weighted by Gasteiger charge is -1.88. The number of nitrogens with zero attached hydrogens (tertiary/aromatic N) is 2. The van der Waals surface area contributed by atoms with Crippen LogP contribution in [0.3, 0.4) is 0 Å². The van der Waals surface area contributed by atoms with Crippen molar-refractivity contribution in [3.63, 3.8) is 0 Å². The van der Waals surface area contributed by atoms with Crippen molar-refractivity contribution < 1.29 is 0 Å². The minimum absolute atomic E-state index is 1.08. The van der Waals surface area contributed by atoms with Crippen LogP contribution in [0.25, 0.3) is 21.0 Å². The van der Waals surface area contributed by atoms with E-state index in [2.05, 4.69) is 34.9 Å². The van der Waals surface area contributed by atoms with Crippen molar-refractivity contribution in [2.45, 2.75) is 0 Å². The number of benzene rings is 1. The van der Waals surface area contributed by atoms with E-state index < -0.39 is 0 Å². The van der Waals surface area contributed by atoms with Gasteiger partial charge in [0, 0.05) is 23.3 Å². The van der Waals surface area contributed by atoms with Gasteiger partial charge in [0.2, 0.25) is 0 Å². The van der Waals surface area contributed by atoms with Gasteiger partial charge >= 0.3 is 0 Å². The zero-order chi connectivity index (χ0) is 8.84. The molecule has 0 saturated carbocycles. The number of rotatable bonds is 0. The van der Waals surface area contributed by atoms with Crippen molar-refractivity contribution in [2.75, 3.05) is 0 Å². The summed E-state index contributed by atoms with van der Waals surface area (Å²) in [4.78, 5) is 0. The normalized spacial score (nSPS) is 11.5. The van der Waals surface area contributed by atoms with Gasteiger partial charge in [-0.05, 0) is 29.0 Å². The van der Waals surface area contributed by atoms with Crippen molar-refractivity contribution in [3.05, 3.63) is 29.8 Å². The highest BCUT2D eigenvalue weighted by Gasteiger charge is 2.01. The smallest absolute Gasteiger partial charge is 0.0930 e. The summed E-state index contributed by atoms with van der Waals surface area (Å²) < 4.78 is 3.19. The van der Waals surface area contributed by atoms with Gasteiger partial charge in [-0.2, -0.15) is 5.10 Å². The van der Waals surface area contributed by atoms with Gasteiger partial charge in [0.15, 0.2) is 0 Å². The third kappa shape index (κ3) is 0.971. The van der Waals surface area contributed by atoms with Gasteiger partial charge in [0.05, 0.1) is 5.52 Å². The molecule has 3 heteroatoms. The maximum absolute atomic E-state index is 4.36. The largest absolute Gasteiger partial charge is 0.275 e. The van der Waals surface area contributed by atoms with Crippen LogP contribution in [0.15, 0.2) is 29.8 Å². The first kappa shape index (κ1) is 7.09. The van der Waals surface area contributed by atoms with E-state index in [4.69, 9.17) is 0 Å². The molecular formula is C10H8N2S. The van der Waals surface area contributed by atoms with Crippen LogP contribution in [0.5, 0.6) is 0 Å². The molecule has 0 amide bonds. The molecule has 0 N–H and O–H groups in total. The second-order valence-corrected chi connectivity index (χ2v) is 4.12. The number of hydrogen-bond donors (Lipinski definition) is 0. The summed E-state index contributed by atoms with van der Waals surface area (Å²) in [5.74, 6) is 0. The molecule has 3 aromatic rings. The number of fused-ring (bicyclic) bond motifs is 2. The van der Waals surface area contributed by atoms with E-state index in [9.17, 15) is 0 Å². The molecular weight excluding hydrogens is 180 g/mol. The summed E-state index contributed by atoms with van der Waals surface area (Å²) in [6.07, 6.45) is 2.05. The summed E-state index contributed by atoms with van der Waals surface area (Å²) >= 11 is 1.77. The Morgan fingerprint density at radius 2 is 2.23 bits per heavy atom. The van der Waals surface area contributed by atoms with Gasteiger partial charge in [-0.3, -0.25) is 4.68 Å². The Morgan fingerprint density at radius 1 is 1.31 bits per heavy atom. The minimum Gasteiger partial charge on any atom is -0.275 e. The third-order valence-electron chi connectivity index (χ3n) is 2.19. The molecule has 1 aromatic carbocycles. The van der Waals surface area contributed by atoms with Gasteiger partial charge in [-0.25, -0.2) is 0 Å². The molecule has 0 unspecified atom stereocenters. The van der Waals surface area contributed by atoms with Crippen molar-refractivity contribution in [1.29, 1.82) is 0 Å². The van der Waals surface area contributed by atoms with Crippen LogP contribution in [0.4, 0.5) is 0 Å². The summed E-state index contributed by atoms with van der Waals surface area (Å²) in [5, 5.41) is 8.99. The van der Waals surface area contributed by atoms with Crippen molar-refractivity contribution in [1.82, 2.24) is 9.78 Å². The first-order valence-electron chi connectivity index (χ1n) is 4.13. The molecule has 64 valence electrons. The van der Waals surface area contributed by atoms with Gasteiger partial charge in [-0.15, -0.1) is 11.3 Å². The van der Waals surface area contributed by atoms with Crippen LogP contribution in [0.1, 0.15) is 0 Å². The van der Waals surface area contributed by atoms with E-state index >= 15 is 0 Å². The first-order valence-corrected chi connectivity index (χ1v) is 5.01. The molecule has 0 saturated heterocycles. The fourth-order valence-electron chi connectivity index (χ4n) is 1.60. The minimum atomic E-state index is 1.08. The van der Waals surface area contributed by atoms with Crippen LogP contribution in [-0.4, -0.2) is 9.78 Å². The monoisotopic (exact) mass is 188 g/mol. The topological polar surface area (TPSA) is 17.8 Å². The molecule has 13 heavy (non-hydrogen) atoms. The lowest BCUT2D eigenvalue weighted by atomic mass is 10.2. The van der Waals surface area contributed by atoms with E-state index in [-0.39, 0.29) is 0 Å². The van der Waals surface area contributed by atoms with Crippen molar-refractivity contribution in [2.24, 2.45) is 7.05 Å². The third-order valence-corrected chi connectivity index (χ3v) is 3.07. The SMILES string of the molecule is Cn1cc2cc3sccc3cc2n1. The Labute approximate surface area is 79.4 Å². The fraction of sp³-hybridized carbons (Fsp3) is 0.100. The molecule has 0 fully saturated rings. The maximum Gasteiger partial charge on any atom is 0.0930 e. The van der Waals surface area contributed by atoms with Gasteiger partial charge in [0.1, 0.15) is 0 Å². The highest BCUT2D eigenvalue weighted by Crippen LogP contribution is 2.25. The summed E-state index contributed by atoms with van der Waals surface area (Å²) in [5.41, 5.74) is 1.08. The first-order chi connectivity index (χ1) is 6.33. The second-order valence-electron chi connectivity index (χ2n) is 3.17. The van der Waals surface area contributed by atoms with E-state index in [0.717, 1.165) is 5.52 Å². The molecule has 0 spiro atoms. The Hall–Kier alpha value is -1.35. The van der Waals surface area contributed by atoms with Crippen LogP contribution in [0, 0.1) is 0 Å². The highest BCUT2D eigenvalue weighted by atomic mass is 32.1. The van der Waals surface area contributed by atoms with Crippen molar-refractivity contribution >= 4 is 32.3 Å². The molecule has 0 aliphatic rings. The summed E-state index contributed by atoms with van der Waals surface area (Å²) in [6.45, 7) is 0. The molecule has 0 aliphatic carbocycles. The molecule has 0 aliphatic heterocycles. The van der Waals surface area contributed by atoms with Crippen molar-refractivity contribution in [3.8, 4) is 0 Å². The highest BCUT2D eigenvalue weighted by molar-refractivity contribution is 7.17. The number of hydrogen-bond acceptors (Lipinski definition) is 2. The predicted molar refractivity (Wildman–Crippen MR) is 56.1 cm³/mol. The molecule has 2 aromatic heterocycles. The van der Waals surface area contributed by atoms with Crippen LogP contribution >= 0.6 is 11.3 Å². The lowest BCUT2D eigenvalue weighted by molar-refractivity contribution is 0.780. The van der Waals surface area contributed by atoms with E-state index in [0.29, 0.717) is 0 Å². The Balaban J connectivity index is 2.54. The number of aromatic nitrogens is 2. The second kappa shape index (κ2) is 2.33. The van der Waals surface area contributed by atoms with Gasteiger partial charge in [-0.1, -0.05) is 0 Å². The molecule has 0 bridgehead atoms. The standard InChI is InChI=1S/C10H8N2S/c1-12-6-8-5-10-7(2-3-13-10)4-9(8)11-12/h2-6H,1H3.